The van der Waals surface area contributed by atoms with Gasteiger partial charge in [0.2, 0.25) is 10.0 Å². The molecule has 158 valence electrons. The van der Waals surface area contributed by atoms with Crippen molar-refractivity contribution >= 4 is 15.9 Å². The van der Waals surface area contributed by atoms with Crippen molar-refractivity contribution in [1.82, 2.24) is 9.62 Å². The maximum atomic E-state index is 12.5. The Morgan fingerprint density at radius 3 is 2.46 bits per heavy atom. The van der Waals surface area contributed by atoms with Gasteiger partial charge in [-0.1, -0.05) is 27.7 Å². The van der Waals surface area contributed by atoms with E-state index < -0.39 is 10.0 Å². The van der Waals surface area contributed by atoms with E-state index in [1.54, 1.807) is 26.0 Å². The summed E-state index contributed by atoms with van der Waals surface area (Å²) in [5.74, 6) is 0.417. The van der Waals surface area contributed by atoms with Crippen LogP contribution in [0.2, 0.25) is 0 Å². The number of amides is 1. The molecule has 0 aromatic heterocycles. The molecule has 0 spiro atoms. The molecule has 0 bridgehead atoms. The van der Waals surface area contributed by atoms with Crippen LogP contribution in [0.15, 0.2) is 29.2 Å². The first kappa shape index (κ1) is 22.8. The molecular weight excluding hydrogens is 378 g/mol. The number of quaternary nitrogens is 1. The summed E-state index contributed by atoms with van der Waals surface area (Å²) in [6.45, 7) is 13.0. The van der Waals surface area contributed by atoms with Crippen molar-refractivity contribution in [2.24, 2.45) is 5.92 Å². The smallest absolute Gasteiger partial charge is 0.251 e. The van der Waals surface area contributed by atoms with Gasteiger partial charge in [-0.05, 0) is 24.3 Å². The number of hydrogen-bond acceptors (Lipinski definition) is 4. The number of nitrogens with zero attached hydrogens (tertiary/aromatic N) is 1. The summed E-state index contributed by atoms with van der Waals surface area (Å²) in [7, 11) is -3.51. The summed E-state index contributed by atoms with van der Waals surface area (Å²) in [5, 5.41) is 2.91. The average Bonchev–Trinajstić information content (AvgIpc) is 2.67. The van der Waals surface area contributed by atoms with Gasteiger partial charge in [-0.25, -0.2) is 8.42 Å². The van der Waals surface area contributed by atoms with Crippen LogP contribution in [0.1, 0.15) is 38.1 Å². The molecule has 1 aliphatic rings. The van der Waals surface area contributed by atoms with E-state index >= 15 is 0 Å². The van der Waals surface area contributed by atoms with E-state index in [2.05, 4.69) is 19.2 Å². The fourth-order valence-electron chi connectivity index (χ4n) is 3.55. The number of nitrogens with one attached hydrogen (secondary N) is 2. The van der Waals surface area contributed by atoms with Crippen molar-refractivity contribution in [3.05, 3.63) is 29.8 Å². The molecule has 1 aromatic rings. The molecule has 8 heteroatoms. The Morgan fingerprint density at radius 2 is 1.89 bits per heavy atom. The minimum Gasteiger partial charge on any atom is -0.365 e. The van der Waals surface area contributed by atoms with Crippen LogP contribution < -0.4 is 10.2 Å². The number of morpholine rings is 1. The molecule has 2 N–H and O–H groups in total. The zero-order valence-corrected chi connectivity index (χ0v) is 18.2. The quantitative estimate of drug-likeness (QED) is 0.615. The van der Waals surface area contributed by atoms with Crippen molar-refractivity contribution in [3.8, 4) is 0 Å². The zero-order chi connectivity index (χ0) is 20.7. The molecule has 0 radical (unpaired) electrons. The molecule has 0 aliphatic carbocycles. The van der Waals surface area contributed by atoms with E-state index in [1.807, 2.05) is 0 Å². The molecule has 2 atom stereocenters. The first-order valence-corrected chi connectivity index (χ1v) is 11.6. The van der Waals surface area contributed by atoms with Gasteiger partial charge in [0.05, 0.1) is 18.0 Å². The van der Waals surface area contributed by atoms with E-state index in [9.17, 15) is 13.2 Å². The fourth-order valence-corrected chi connectivity index (χ4v) is 5.00. The lowest BCUT2D eigenvalue weighted by Crippen LogP contribution is -3.15. The van der Waals surface area contributed by atoms with E-state index in [0.717, 1.165) is 19.6 Å². The molecule has 1 amide bonds. The summed E-state index contributed by atoms with van der Waals surface area (Å²) < 4.78 is 32.2. The number of ether oxygens (including phenoxy) is 1. The Morgan fingerprint density at radius 1 is 1.25 bits per heavy atom. The predicted molar refractivity (Wildman–Crippen MR) is 109 cm³/mol. The highest BCUT2D eigenvalue weighted by molar-refractivity contribution is 7.89. The molecule has 28 heavy (non-hydrogen) atoms. The Balaban J connectivity index is 1.93. The standard InChI is InChI=1S/C20H33N3O4S/c1-5-23(6-2)28(25,26)19-9-7-17(8-10-19)20(24)21-13-18-15-22(11-12-27-18)14-16(3)4/h7-10,16,18H,5-6,11-15H2,1-4H3,(H,21,24)/p+1/t18-/m0/s1. The summed E-state index contributed by atoms with van der Waals surface area (Å²) >= 11 is 0. The highest BCUT2D eigenvalue weighted by Crippen LogP contribution is 2.16. The van der Waals surface area contributed by atoms with Crippen LogP contribution in [0.5, 0.6) is 0 Å². The zero-order valence-electron chi connectivity index (χ0n) is 17.4. The Bertz CT molecular complexity index is 730. The Labute approximate surface area is 169 Å². The van der Waals surface area contributed by atoms with Gasteiger partial charge < -0.3 is 15.0 Å². The SMILES string of the molecule is CCN(CC)S(=O)(=O)c1ccc(C(=O)NC[C@H]2C[NH+](CC(C)C)CCO2)cc1. The van der Waals surface area contributed by atoms with Gasteiger partial charge in [-0.15, -0.1) is 0 Å². The monoisotopic (exact) mass is 412 g/mol. The summed E-state index contributed by atoms with van der Waals surface area (Å²) in [6.07, 6.45) is 0.00812. The summed E-state index contributed by atoms with van der Waals surface area (Å²) in [6, 6.07) is 6.11. The van der Waals surface area contributed by atoms with Gasteiger partial charge in [-0.2, -0.15) is 4.31 Å². The molecule has 7 nitrogen and oxygen atoms in total. The van der Waals surface area contributed by atoms with Crippen LogP contribution >= 0.6 is 0 Å². The molecular formula is C20H34N3O4S+. The number of rotatable bonds is 9. The Hall–Kier alpha value is -1.48. The third-order valence-corrected chi connectivity index (χ3v) is 7.04. The second-order valence-electron chi connectivity index (χ2n) is 7.62. The third-order valence-electron chi connectivity index (χ3n) is 4.97. The van der Waals surface area contributed by atoms with E-state index in [1.165, 1.54) is 21.3 Å². The first-order chi connectivity index (χ1) is 13.3. The summed E-state index contributed by atoms with van der Waals surface area (Å²) in [5.41, 5.74) is 0.445. The van der Waals surface area contributed by atoms with Gasteiger partial charge in [-0.3, -0.25) is 4.79 Å². The minimum absolute atomic E-state index is 0.00812. The topological polar surface area (TPSA) is 80.2 Å². The highest BCUT2D eigenvalue weighted by atomic mass is 32.2. The lowest BCUT2D eigenvalue weighted by molar-refractivity contribution is -0.914. The normalized spacial score (nSPS) is 20.5. The van der Waals surface area contributed by atoms with Crippen LogP contribution in [-0.4, -0.2) is 70.6 Å². The predicted octanol–water partition coefficient (Wildman–Crippen LogP) is 0.387. The number of carbonyl (C=O) groups excluding carboxylic acids is 1. The number of carbonyl (C=O) groups is 1. The minimum atomic E-state index is -3.51. The maximum absolute atomic E-state index is 12.5. The average molecular weight is 413 g/mol. The van der Waals surface area contributed by atoms with Crippen molar-refractivity contribution in [2.45, 2.75) is 38.7 Å². The Kier molecular flexibility index (Phi) is 8.42. The van der Waals surface area contributed by atoms with E-state index in [0.29, 0.717) is 37.7 Å². The van der Waals surface area contributed by atoms with Gasteiger partial charge in [0.25, 0.3) is 5.91 Å². The van der Waals surface area contributed by atoms with Crippen LogP contribution in [0, 0.1) is 5.92 Å². The molecule has 1 aromatic carbocycles. The van der Waals surface area contributed by atoms with Gasteiger partial charge >= 0.3 is 0 Å². The second-order valence-corrected chi connectivity index (χ2v) is 9.56. The molecule has 2 rings (SSSR count). The van der Waals surface area contributed by atoms with E-state index in [4.69, 9.17) is 4.74 Å². The number of sulfonamides is 1. The van der Waals surface area contributed by atoms with Gasteiger partial charge in [0, 0.05) is 31.1 Å². The second kappa shape index (κ2) is 10.3. The van der Waals surface area contributed by atoms with Crippen molar-refractivity contribution in [2.75, 3.05) is 45.9 Å². The third kappa shape index (κ3) is 6.01. The maximum Gasteiger partial charge on any atom is 0.251 e. The van der Waals surface area contributed by atoms with Crippen LogP contribution in [-0.2, 0) is 14.8 Å². The van der Waals surface area contributed by atoms with Crippen LogP contribution in [0.25, 0.3) is 0 Å². The molecule has 1 fully saturated rings. The first-order valence-electron chi connectivity index (χ1n) is 10.1. The highest BCUT2D eigenvalue weighted by Gasteiger charge is 2.25. The molecule has 1 aliphatic heterocycles. The van der Waals surface area contributed by atoms with E-state index in [-0.39, 0.29) is 16.9 Å². The van der Waals surface area contributed by atoms with Gasteiger partial charge in [0.1, 0.15) is 19.2 Å². The molecule has 1 heterocycles. The van der Waals surface area contributed by atoms with Gasteiger partial charge in [0.15, 0.2) is 0 Å². The summed E-state index contributed by atoms with van der Waals surface area (Å²) in [4.78, 5) is 14.1. The molecule has 0 saturated carbocycles. The largest absolute Gasteiger partial charge is 0.365 e. The van der Waals surface area contributed by atoms with Crippen molar-refractivity contribution < 1.29 is 22.8 Å². The lowest BCUT2D eigenvalue weighted by Gasteiger charge is -2.31. The number of hydrogen-bond donors (Lipinski definition) is 2. The molecule has 1 unspecified atom stereocenters. The van der Waals surface area contributed by atoms with Crippen molar-refractivity contribution in [1.29, 1.82) is 0 Å². The van der Waals surface area contributed by atoms with Crippen LogP contribution in [0.3, 0.4) is 0 Å². The number of benzene rings is 1. The van der Waals surface area contributed by atoms with Crippen molar-refractivity contribution in [3.63, 3.8) is 0 Å². The lowest BCUT2D eigenvalue weighted by atomic mass is 10.1. The molecule has 1 saturated heterocycles. The fraction of sp³-hybridized carbons (Fsp3) is 0.650. The van der Waals surface area contributed by atoms with Crippen LogP contribution in [0.4, 0.5) is 0 Å².